The van der Waals surface area contributed by atoms with Gasteiger partial charge in [0.15, 0.2) is 5.71 Å². The molecule has 0 saturated heterocycles. The lowest BCUT2D eigenvalue weighted by atomic mass is 9.81. The largest absolute Gasteiger partial charge is 0.378 e. The van der Waals surface area contributed by atoms with Crippen LogP contribution in [0.3, 0.4) is 0 Å². The van der Waals surface area contributed by atoms with E-state index in [2.05, 4.69) is 91.1 Å². The number of nitrogens with two attached hydrogens (primary N) is 1. The zero-order chi connectivity index (χ0) is 43.6. The van der Waals surface area contributed by atoms with Crippen LogP contribution in [0.15, 0.2) is 94.6 Å². The first kappa shape index (κ1) is 47.5. The van der Waals surface area contributed by atoms with Crippen LogP contribution < -0.4 is 16.0 Å². The van der Waals surface area contributed by atoms with E-state index in [0.29, 0.717) is 77.2 Å². The molecule has 1 aliphatic carbocycles. The van der Waals surface area contributed by atoms with Crippen molar-refractivity contribution < 1.29 is 40.0 Å². The number of nitrogens with one attached hydrogen (secondary N) is 1. The summed E-state index contributed by atoms with van der Waals surface area (Å²) in [7, 11) is -8.08. The number of carbonyl (C=O) groups is 1. The molecular weight excluding hydrogens is 821 g/mol. The number of ether oxygens (including phenoxy) is 1. The molecule has 0 saturated carbocycles. The molecule has 2 aromatic carbocycles. The van der Waals surface area contributed by atoms with Crippen molar-refractivity contribution in [1.82, 2.24) is 5.32 Å². The predicted octanol–water partition coefficient (Wildman–Crippen LogP) is 7.22. The molecule has 2 aromatic rings. The van der Waals surface area contributed by atoms with Gasteiger partial charge in [0.1, 0.15) is 6.54 Å². The first-order chi connectivity index (χ1) is 28.4. The summed E-state index contributed by atoms with van der Waals surface area (Å²) in [5.41, 5.74) is 14.0. The Morgan fingerprint density at radius 3 is 2.28 bits per heavy atom. The molecule has 2 heterocycles. The number of anilines is 1. The molecule has 2 aliphatic heterocycles. The van der Waals surface area contributed by atoms with E-state index >= 15 is 0 Å². The van der Waals surface area contributed by atoms with Crippen LogP contribution in [0.4, 0.5) is 11.4 Å². The smallest absolute Gasteiger partial charge is 0.264 e. The van der Waals surface area contributed by atoms with Crippen molar-refractivity contribution in [3.05, 3.63) is 106 Å². The zero-order valence-electron chi connectivity index (χ0n) is 35.5. The van der Waals surface area contributed by atoms with E-state index in [9.17, 15) is 30.7 Å². The molecule has 5 N–H and O–H groups in total. The van der Waals surface area contributed by atoms with Gasteiger partial charge in [-0.25, -0.2) is 0 Å². The molecular formula is C45H63N4O8S3+. The molecule has 0 radical (unpaired) electrons. The lowest BCUT2D eigenvalue weighted by molar-refractivity contribution is -0.438. The molecule has 0 bridgehead atoms. The lowest BCUT2D eigenvalue weighted by Crippen LogP contribution is -2.28. The molecule has 0 aromatic heterocycles. The van der Waals surface area contributed by atoms with Crippen LogP contribution in [0.2, 0.25) is 0 Å². The van der Waals surface area contributed by atoms with Gasteiger partial charge in [-0.3, -0.25) is 13.9 Å². The van der Waals surface area contributed by atoms with Gasteiger partial charge in [0.25, 0.3) is 20.2 Å². The number of amides is 1. The number of allylic oxidation sites excluding steroid dienone is 7. The van der Waals surface area contributed by atoms with Gasteiger partial charge in [-0.1, -0.05) is 62.4 Å². The Hall–Kier alpha value is -3.57. The first-order valence-electron chi connectivity index (χ1n) is 21.0. The van der Waals surface area contributed by atoms with E-state index in [1.165, 1.54) is 22.3 Å². The lowest BCUT2D eigenvalue weighted by Gasteiger charge is -2.27. The minimum Gasteiger partial charge on any atom is -0.378 e. The Bertz CT molecular complexity index is 2240. The number of fused-ring (bicyclic) bond motifs is 2. The SMILES string of the molecule is CC1(C)C(=CC=C2CCCC(C=CC3=[N+](CCCCS(=O)(=O)O)c4ccccc4C3(C)C)=C2SCCC(=O)NCCOCCN)N(CCCCS(=O)(=O)O)c2ccccc21. The topological polar surface area (TPSA) is 179 Å². The van der Waals surface area contributed by atoms with Crippen LogP contribution in [0, 0.1) is 0 Å². The summed E-state index contributed by atoms with van der Waals surface area (Å²) in [6.07, 6.45) is 13.8. The summed E-state index contributed by atoms with van der Waals surface area (Å²) < 4.78 is 72.3. The predicted molar refractivity (Wildman–Crippen MR) is 244 cm³/mol. The summed E-state index contributed by atoms with van der Waals surface area (Å²) in [4.78, 5) is 16.3. The van der Waals surface area contributed by atoms with Gasteiger partial charge in [-0.2, -0.15) is 21.4 Å². The number of rotatable bonds is 22. The number of thioether (sulfide) groups is 1. The highest BCUT2D eigenvalue weighted by Crippen LogP contribution is 2.48. The Kier molecular flexibility index (Phi) is 16.6. The van der Waals surface area contributed by atoms with Crippen molar-refractivity contribution in [3.63, 3.8) is 0 Å². The van der Waals surface area contributed by atoms with Crippen molar-refractivity contribution in [2.45, 2.75) is 89.9 Å². The molecule has 0 unspecified atom stereocenters. The van der Waals surface area contributed by atoms with E-state index in [1.54, 1.807) is 11.8 Å². The fourth-order valence-corrected chi connectivity index (χ4v) is 10.8. The molecule has 3 aliphatic rings. The van der Waals surface area contributed by atoms with E-state index in [4.69, 9.17) is 10.5 Å². The zero-order valence-corrected chi connectivity index (χ0v) is 37.9. The average Bonchev–Trinajstić information content (AvgIpc) is 3.54. The number of unbranched alkanes of at least 4 members (excludes halogenated alkanes) is 2. The normalized spacial score (nSPS) is 18.9. The second-order valence-corrected chi connectivity index (χ2v) is 20.8. The molecule has 60 heavy (non-hydrogen) atoms. The Morgan fingerprint density at radius 2 is 1.57 bits per heavy atom. The maximum atomic E-state index is 12.9. The fourth-order valence-electron chi connectivity index (χ4n) is 8.42. The van der Waals surface area contributed by atoms with Crippen molar-refractivity contribution in [2.24, 2.45) is 5.73 Å². The summed E-state index contributed by atoms with van der Waals surface area (Å²) in [5, 5.41) is 2.95. The first-order valence-corrected chi connectivity index (χ1v) is 25.2. The monoisotopic (exact) mass is 883 g/mol. The number of para-hydroxylation sites is 2. The van der Waals surface area contributed by atoms with E-state index in [-0.39, 0.29) is 28.2 Å². The second kappa shape index (κ2) is 21.0. The molecule has 0 spiro atoms. The van der Waals surface area contributed by atoms with Gasteiger partial charge in [0.2, 0.25) is 11.6 Å². The molecule has 0 atom stereocenters. The average molecular weight is 884 g/mol. The molecule has 15 heteroatoms. The fraction of sp³-hybridized carbons (Fsp3) is 0.511. The third-order valence-corrected chi connectivity index (χ3v) is 14.3. The number of hydrogen-bond acceptors (Lipinski definition) is 9. The summed E-state index contributed by atoms with van der Waals surface area (Å²) in [6, 6.07) is 16.6. The second-order valence-electron chi connectivity index (χ2n) is 16.6. The molecule has 5 rings (SSSR count). The Morgan fingerprint density at radius 1 is 0.883 bits per heavy atom. The summed E-state index contributed by atoms with van der Waals surface area (Å²) in [5.74, 6) is -0.00305. The molecule has 12 nitrogen and oxygen atoms in total. The molecule has 328 valence electrons. The van der Waals surface area contributed by atoms with E-state index in [0.717, 1.165) is 47.0 Å². The number of benzene rings is 2. The highest BCUT2D eigenvalue weighted by atomic mass is 32.2. The highest BCUT2D eigenvalue weighted by molar-refractivity contribution is 8.03. The minimum atomic E-state index is -4.04. The van der Waals surface area contributed by atoms with Gasteiger partial charge in [0.05, 0.1) is 30.1 Å². The van der Waals surface area contributed by atoms with Crippen LogP contribution in [0.1, 0.15) is 90.2 Å². The quantitative estimate of drug-likeness (QED) is 0.0533. The number of carbonyl (C=O) groups excluding carboxylic acids is 1. The number of nitrogens with zero attached hydrogens (tertiary/aromatic N) is 2. The molecule has 1 amide bonds. The summed E-state index contributed by atoms with van der Waals surface area (Å²) in [6.45, 7) is 11.8. The van der Waals surface area contributed by atoms with Gasteiger partial charge < -0.3 is 20.7 Å². The molecule has 0 fully saturated rings. The van der Waals surface area contributed by atoms with Crippen LogP contribution in [0.25, 0.3) is 0 Å². The highest BCUT2D eigenvalue weighted by Gasteiger charge is 2.44. The van der Waals surface area contributed by atoms with E-state index < -0.39 is 20.2 Å². The van der Waals surface area contributed by atoms with Gasteiger partial charge >= 0.3 is 0 Å². The van der Waals surface area contributed by atoms with Crippen LogP contribution >= 0.6 is 11.8 Å². The third-order valence-electron chi connectivity index (χ3n) is 11.4. The van der Waals surface area contributed by atoms with Gasteiger partial charge in [-0.05, 0) is 81.2 Å². The van der Waals surface area contributed by atoms with Crippen molar-refractivity contribution in [1.29, 1.82) is 0 Å². The van der Waals surface area contributed by atoms with Crippen LogP contribution in [-0.4, -0.2) is 98.8 Å². The Balaban J connectivity index is 1.50. The van der Waals surface area contributed by atoms with Crippen molar-refractivity contribution in [3.8, 4) is 0 Å². The van der Waals surface area contributed by atoms with Crippen LogP contribution in [0.5, 0.6) is 0 Å². The standard InChI is InChI=1S/C45H62N4O8S3/c1-44(2)36-16-5-7-18-38(36)48(27-9-11-32-59(51,52)53)40(44)22-20-34-14-13-15-35(43(34)58-31-24-42(50)47-26-30-57-29-25-46)21-23-41-45(3,4)37-17-6-8-19-39(37)49(41)28-10-12-33-60(54,55)56/h5-8,16-23H,9-15,24-33,46H2,1-4H3,(H2-,47,50,51,52,53,54,55,56)/p+1. The van der Waals surface area contributed by atoms with Crippen molar-refractivity contribution >= 4 is 55.0 Å². The summed E-state index contributed by atoms with van der Waals surface area (Å²) >= 11 is 1.69. The number of hydrogen-bond donors (Lipinski definition) is 4. The maximum absolute atomic E-state index is 12.9. The van der Waals surface area contributed by atoms with E-state index in [1.807, 2.05) is 24.3 Å². The van der Waals surface area contributed by atoms with Gasteiger partial charge in [-0.15, -0.1) is 11.8 Å². The van der Waals surface area contributed by atoms with Crippen LogP contribution in [-0.2, 0) is 40.6 Å². The third kappa shape index (κ3) is 12.5. The minimum absolute atomic E-state index is 0.0410. The maximum Gasteiger partial charge on any atom is 0.264 e. The Labute approximate surface area is 361 Å². The van der Waals surface area contributed by atoms with Crippen molar-refractivity contribution in [2.75, 3.05) is 61.6 Å². The van der Waals surface area contributed by atoms with Gasteiger partial charge in [0, 0.05) is 77.6 Å².